The quantitative estimate of drug-likeness (QED) is 0.173. The van der Waals surface area contributed by atoms with Gasteiger partial charge < -0.3 is 25.2 Å². The van der Waals surface area contributed by atoms with Crippen molar-refractivity contribution in [3.05, 3.63) is 101 Å². The third kappa shape index (κ3) is 6.54. The van der Waals surface area contributed by atoms with Crippen LogP contribution in [0.3, 0.4) is 0 Å². The zero-order valence-electron chi connectivity index (χ0n) is 24.3. The second kappa shape index (κ2) is 12.6. The van der Waals surface area contributed by atoms with Gasteiger partial charge in [0.25, 0.3) is 5.91 Å². The summed E-state index contributed by atoms with van der Waals surface area (Å²) in [7, 11) is 0. The number of carbonyl (C=O) groups excluding carboxylic acids is 3. The van der Waals surface area contributed by atoms with Crippen molar-refractivity contribution in [2.24, 2.45) is 0 Å². The Morgan fingerprint density at radius 2 is 1.74 bits per heavy atom. The van der Waals surface area contributed by atoms with Gasteiger partial charge in [-0.25, -0.2) is 4.79 Å². The second-order valence-electron chi connectivity index (χ2n) is 9.97. The summed E-state index contributed by atoms with van der Waals surface area (Å²) in [5.41, 5.74) is 6.61. The van der Waals surface area contributed by atoms with Gasteiger partial charge in [0.2, 0.25) is 5.91 Å². The molecule has 10 heteroatoms. The van der Waals surface area contributed by atoms with Crippen molar-refractivity contribution in [3.63, 3.8) is 0 Å². The number of hydrogen-bond donors (Lipinski definition) is 3. The van der Waals surface area contributed by atoms with Gasteiger partial charge in [-0.1, -0.05) is 35.5 Å². The van der Waals surface area contributed by atoms with Crippen LogP contribution in [0.15, 0.2) is 77.4 Å². The summed E-state index contributed by atoms with van der Waals surface area (Å²) in [4.78, 5) is 41.9. The van der Waals surface area contributed by atoms with E-state index in [1.807, 2.05) is 50.2 Å². The van der Waals surface area contributed by atoms with Crippen molar-refractivity contribution < 1.29 is 23.6 Å². The van der Waals surface area contributed by atoms with E-state index in [9.17, 15) is 14.4 Å². The third-order valence-corrected chi connectivity index (χ3v) is 6.81. The number of fused-ring (bicyclic) bond motifs is 1. The molecule has 0 saturated heterocycles. The van der Waals surface area contributed by atoms with Gasteiger partial charge in [-0.3, -0.25) is 14.6 Å². The predicted molar refractivity (Wildman–Crippen MR) is 164 cm³/mol. The number of anilines is 3. The normalized spacial score (nSPS) is 10.8. The number of nitrogens with one attached hydrogen (secondary N) is 3. The molecule has 2 heterocycles. The first kappa shape index (κ1) is 29.0. The van der Waals surface area contributed by atoms with Crippen LogP contribution in [0, 0.1) is 13.8 Å². The van der Waals surface area contributed by atoms with Crippen LogP contribution in [0.2, 0.25) is 0 Å². The standard InChI is InChI=1S/C33H31N5O5/c1-5-42-33(41)24-7-6-8-26(15-24)37-31-27-14-11-23(30-19(2)38-43-20(30)3)16-29(27)34-18-28(31)32(40)35-17-22-9-12-25(13-10-22)36-21(4)39/h6-16,18H,5,17H2,1-4H3,(H,34,37)(H,35,40)(H,36,39). The molecule has 5 rings (SSSR count). The van der Waals surface area contributed by atoms with E-state index in [2.05, 4.69) is 26.1 Å². The molecule has 0 fully saturated rings. The van der Waals surface area contributed by atoms with Crippen LogP contribution in [0.5, 0.6) is 0 Å². The van der Waals surface area contributed by atoms with Crippen molar-refractivity contribution in [1.82, 2.24) is 15.5 Å². The monoisotopic (exact) mass is 577 g/mol. The highest BCUT2D eigenvalue weighted by atomic mass is 16.5. The molecule has 0 aliphatic carbocycles. The zero-order valence-corrected chi connectivity index (χ0v) is 24.3. The van der Waals surface area contributed by atoms with Gasteiger partial charge in [0.1, 0.15) is 5.76 Å². The average Bonchev–Trinajstić information content (AvgIpc) is 3.33. The molecular formula is C33H31N5O5. The number of amides is 2. The number of ether oxygens (including phenoxy) is 1. The fourth-order valence-electron chi connectivity index (χ4n) is 4.82. The van der Waals surface area contributed by atoms with Crippen molar-refractivity contribution in [3.8, 4) is 11.1 Å². The predicted octanol–water partition coefficient (Wildman–Crippen LogP) is 6.32. The van der Waals surface area contributed by atoms with E-state index in [1.165, 1.54) is 13.1 Å². The Labute approximate surface area is 248 Å². The van der Waals surface area contributed by atoms with E-state index in [1.54, 1.807) is 37.3 Å². The van der Waals surface area contributed by atoms with Crippen molar-refractivity contribution >= 4 is 45.7 Å². The van der Waals surface area contributed by atoms with Crippen molar-refractivity contribution in [1.29, 1.82) is 0 Å². The second-order valence-corrected chi connectivity index (χ2v) is 9.97. The number of hydrogen-bond acceptors (Lipinski definition) is 8. The lowest BCUT2D eigenvalue weighted by atomic mass is 10.0. The van der Waals surface area contributed by atoms with E-state index in [0.717, 1.165) is 22.4 Å². The van der Waals surface area contributed by atoms with Gasteiger partial charge in [-0.15, -0.1) is 0 Å². The molecule has 43 heavy (non-hydrogen) atoms. The molecule has 2 aromatic heterocycles. The van der Waals surface area contributed by atoms with Gasteiger partial charge in [0.05, 0.1) is 34.6 Å². The van der Waals surface area contributed by atoms with Gasteiger partial charge in [-0.2, -0.15) is 0 Å². The summed E-state index contributed by atoms with van der Waals surface area (Å²) in [5.74, 6) is -0.222. The molecule has 0 bridgehead atoms. The highest BCUT2D eigenvalue weighted by Gasteiger charge is 2.19. The van der Waals surface area contributed by atoms with Crippen LogP contribution in [0.1, 0.15) is 51.6 Å². The van der Waals surface area contributed by atoms with Crippen molar-refractivity contribution in [2.45, 2.75) is 34.2 Å². The molecule has 0 spiro atoms. The third-order valence-electron chi connectivity index (χ3n) is 6.81. The Hall–Kier alpha value is -5.51. The maximum atomic E-state index is 13.5. The first-order valence-corrected chi connectivity index (χ1v) is 13.8. The van der Waals surface area contributed by atoms with E-state index >= 15 is 0 Å². The summed E-state index contributed by atoms with van der Waals surface area (Å²) in [5, 5.41) is 13.8. The number of aromatic nitrogens is 2. The Morgan fingerprint density at radius 3 is 2.44 bits per heavy atom. The minimum absolute atomic E-state index is 0.156. The lowest BCUT2D eigenvalue weighted by molar-refractivity contribution is -0.114. The van der Waals surface area contributed by atoms with E-state index < -0.39 is 5.97 Å². The minimum atomic E-state index is -0.433. The van der Waals surface area contributed by atoms with Crippen LogP contribution < -0.4 is 16.0 Å². The van der Waals surface area contributed by atoms with Gasteiger partial charge in [-0.05, 0) is 68.3 Å². The summed E-state index contributed by atoms with van der Waals surface area (Å²) in [6.45, 7) is 7.47. The molecule has 0 saturated carbocycles. The Bertz CT molecular complexity index is 1810. The molecule has 218 valence electrons. The summed E-state index contributed by atoms with van der Waals surface area (Å²) >= 11 is 0. The number of benzene rings is 3. The van der Waals surface area contributed by atoms with Gasteiger partial charge >= 0.3 is 5.97 Å². The fraction of sp³-hybridized carbons (Fsp3) is 0.182. The number of carbonyl (C=O) groups is 3. The molecule has 0 atom stereocenters. The average molecular weight is 578 g/mol. The van der Waals surface area contributed by atoms with E-state index in [4.69, 9.17) is 9.26 Å². The van der Waals surface area contributed by atoms with Crippen LogP contribution in [-0.2, 0) is 16.1 Å². The first-order chi connectivity index (χ1) is 20.7. The number of aryl methyl sites for hydroxylation is 2. The maximum absolute atomic E-state index is 13.5. The molecular weight excluding hydrogens is 546 g/mol. The van der Waals surface area contributed by atoms with Crippen LogP contribution in [-0.4, -0.2) is 34.5 Å². The summed E-state index contributed by atoms with van der Waals surface area (Å²) < 4.78 is 10.5. The van der Waals surface area contributed by atoms with Crippen LogP contribution in [0.4, 0.5) is 17.1 Å². The number of pyridine rings is 1. The molecule has 3 N–H and O–H groups in total. The van der Waals surface area contributed by atoms with Crippen LogP contribution >= 0.6 is 0 Å². The molecule has 0 aliphatic rings. The number of nitrogens with zero attached hydrogens (tertiary/aromatic N) is 2. The lowest BCUT2D eigenvalue weighted by Gasteiger charge is -2.16. The molecule has 0 aliphatic heterocycles. The smallest absolute Gasteiger partial charge is 0.338 e. The molecule has 0 unspecified atom stereocenters. The van der Waals surface area contributed by atoms with E-state index in [0.29, 0.717) is 44.9 Å². The highest BCUT2D eigenvalue weighted by Crippen LogP contribution is 2.34. The lowest BCUT2D eigenvalue weighted by Crippen LogP contribution is -2.24. The Morgan fingerprint density at radius 1 is 0.953 bits per heavy atom. The van der Waals surface area contributed by atoms with Gasteiger partial charge in [0, 0.05) is 42.0 Å². The summed E-state index contributed by atoms with van der Waals surface area (Å²) in [6, 6.07) is 19.9. The molecule has 10 nitrogen and oxygen atoms in total. The number of rotatable bonds is 9. The topological polar surface area (TPSA) is 135 Å². The summed E-state index contributed by atoms with van der Waals surface area (Å²) in [6.07, 6.45) is 1.53. The first-order valence-electron chi connectivity index (χ1n) is 13.8. The van der Waals surface area contributed by atoms with Gasteiger partial charge in [0.15, 0.2) is 0 Å². The van der Waals surface area contributed by atoms with E-state index in [-0.39, 0.29) is 25.0 Å². The largest absolute Gasteiger partial charge is 0.462 e. The number of esters is 1. The van der Waals surface area contributed by atoms with Crippen LogP contribution in [0.25, 0.3) is 22.0 Å². The molecule has 3 aromatic carbocycles. The Kier molecular flexibility index (Phi) is 8.47. The molecule has 0 radical (unpaired) electrons. The SMILES string of the molecule is CCOC(=O)c1cccc(Nc2c(C(=O)NCc3ccc(NC(C)=O)cc3)cnc3cc(-c4c(C)noc4C)ccc23)c1. The zero-order chi connectivity index (χ0) is 30.5. The fourth-order valence-corrected chi connectivity index (χ4v) is 4.82. The highest BCUT2D eigenvalue weighted by molar-refractivity contribution is 6.08. The molecule has 2 amide bonds. The van der Waals surface area contributed by atoms with Crippen molar-refractivity contribution in [2.75, 3.05) is 17.2 Å². The minimum Gasteiger partial charge on any atom is -0.462 e. The maximum Gasteiger partial charge on any atom is 0.338 e. The Balaban J connectivity index is 1.50. The molecule has 5 aromatic rings.